The van der Waals surface area contributed by atoms with Gasteiger partial charge < -0.3 is 9.64 Å². The zero-order valence-electron chi connectivity index (χ0n) is 14.4. The SMILES string of the molecule is COc1ccc2c(c1)N(C(C)(C)C(=O)NN)C(C)(C)C[C@H]2C. The Morgan fingerprint density at radius 2 is 2.09 bits per heavy atom. The van der Waals surface area contributed by atoms with Gasteiger partial charge in [-0.1, -0.05) is 13.0 Å². The molecule has 0 aromatic heterocycles. The summed E-state index contributed by atoms with van der Waals surface area (Å²) < 4.78 is 5.38. The number of fused-ring (bicyclic) bond motifs is 1. The average Bonchev–Trinajstić information content (AvgIpc) is 2.44. The number of benzene rings is 1. The Labute approximate surface area is 132 Å². The first-order valence-electron chi connectivity index (χ1n) is 7.64. The molecular formula is C17H27N3O2. The van der Waals surface area contributed by atoms with E-state index >= 15 is 0 Å². The molecule has 0 aliphatic carbocycles. The minimum Gasteiger partial charge on any atom is -0.497 e. The van der Waals surface area contributed by atoms with Gasteiger partial charge >= 0.3 is 0 Å². The van der Waals surface area contributed by atoms with Gasteiger partial charge in [0.1, 0.15) is 11.3 Å². The number of nitrogens with zero attached hydrogens (tertiary/aromatic N) is 1. The van der Waals surface area contributed by atoms with Gasteiger partial charge in [0.25, 0.3) is 5.91 Å². The molecule has 0 unspecified atom stereocenters. The van der Waals surface area contributed by atoms with Gasteiger partial charge in [-0.25, -0.2) is 5.84 Å². The molecule has 0 fully saturated rings. The second-order valence-electron chi connectivity index (χ2n) is 7.21. The van der Waals surface area contributed by atoms with Crippen LogP contribution in [0.1, 0.15) is 52.5 Å². The highest BCUT2D eigenvalue weighted by Crippen LogP contribution is 2.47. The molecule has 0 saturated heterocycles. The molecule has 5 heteroatoms. The standard InChI is InChI=1S/C17H27N3O2/c1-11-10-16(2,3)20(17(4,5)15(21)19-18)14-9-12(22-6)7-8-13(11)14/h7-9,11H,10,18H2,1-6H3,(H,19,21)/t11-/m1/s1. The Balaban J connectivity index is 2.66. The Bertz CT molecular complexity index is 581. The lowest BCUT2D eigenvalue weighted by Gasteiger charge is -2.54. The quantitative estimate of drug-likeness (QED) is 0.511. The fourth-order valence-corrected chi connectivity index (χ4v) is 3.87. The fourth-order valence-electron chi connectivity index (χ4n) is 3.87. The van der Waals surface area contributed by atoms with Gasteiger partial charge in [-0.15, -0.1) is 0 Å². The van der Waals surface area contributed by atoms with Crippen molar-refractivity contribution in [1.29, 1.82) is 0 Å². The Morgan fingerprint density at radius 3 is 2.64 bits per heavy atom. The second-order valence-corrected chi connectivity index (χ2v) is 7.21. The molecule has 122 valence electrons. The summed E-state index contributed by atoms with van der Waals surface area (Å²) in [4.78, 5) is 14.5. The Morgan fingerprint density at radius 1 is 1.45 bits per heavy atom. The fraction of sp³-hybridized carbons (Fsp3) is 0.588. The van der Waals surface area contributed by atoms with Crippen LogP contribution in [-0.2, 0) is 4.79 Å². The summed E-state index contributed by atoms with van der Waals surface area (Å²) in [6.45, 7) is 10.3. The first kappa shape index (κ1) is 16.6. The second kappa shape index (κ2) is 5.47. The van der Waals surface area contributed by atoms with Gasteiger partial charge in [-0.2, -0.15) is 0 Å². The third-order valence-corrected chi connectivity index (χ3v) is 4.67. The number of rotatable bonds is 3. The Kier molecular flexibility index (Phi) is 4.13. The molecule has 1 aliphatic heterocycles. The summed E-state index contributed by atoms with van der Waals surface area (Å²) in [6.07, 6.45) is 0.966. The number of methoxy groups -OCH3 is 1. The molecule has 2 rings (SSSR count). The number of nitrogens with two attached hydrogens (primary N) is 1. The van der Waals surface area contributed by atoms with E-state index in [1.54, 1.807) is 7.11 Å². The topological polar surface area (TPSA) is 67.6 Å². The molecule has 1 aromatic rings. The molecule has 1 aliphatic rings. The van der Waals surface area contributed by atoms with Gasteiger partial charge in [0.2, 0.25) is 0 Å². The van der Waals surface area contributed by atoms with E-state index in [9.17, 15) is 4.79 Å². The summed E-state index contributed by atoms with van der Waals surface area (Å²) in [6, 6.07) is 6.08. The molecule has 3 N–H and O–H groups in total. The van der Waals surface area contributed by atoms with E-state index in [1.807, 2.05) is 26.0 Å². The monoisotopic (exact) mass is 305 g/mol. The number of carbonyl (C=O) groups excluding carboxylic acids is 1. The van der Waals surface area contributed by atoms with Crippen molar-refractivity contribution in [3.63, 3.8) is 0 Å². The molecule has 0 saturated carbocycles. The van der Waals surface area contributed by atoms with E-state index in [-0.39, 0.29) is 11.4 Å². The summed E-state index contributed by atoms with van der Waals surface area (Å²) in [5.74, 6) is 6.41. The van der Waals surface area contributed by atoms with Gasteiger partial charge in [0, 0.05) is 17.3 Å². The zero-order valence-corrected chi connectivity index (χ0v) is 14.4. The number of hydrogen-bond donors (Lipinski definition) is 2. The highest BCUT2D eigenvalue weighted by atomic mass is 16.5. The van der Waals surface area contributed by atoms with Crippen LogP contribution in [0.4, 0.5) is 5.69 Å². The molecule has 5 nitrogen and oxygen atoms in total. The summed E-state index contributed by atoms with van der Waals surface area (Å²) in [5.41, 5.74) is 3.64. The van der Waals surface area contributed by atoms with Gasteiger partial charge in [-0.3, -0.25) is 10.2 Å². The minimum absolute atomic E-state index is 0.172. The molecule has 1 aromatic carbocycles. The van der Waals surface area contributed by atoms with E-state index in [2.05, 4.69) is 37.2 Å². The van der Waals surface area contributed by atoms with Crippen LogP contribution in [0.25, 0.3) is 0 Å². The van der Waals surface area contributed by atoms with Crippen molar-refractivity contribution >= 4 is 11.6 Å². The predicted octanol–water partition coefficient (Wildman–Crippen LogP) is 2.56. The molecule has 0 radical (unpaired) electrons. The highest BCUT2D eigenvalue weighted by molar-refractivity contribution is 5.90. The number of carbonyl (C=O) groups is 1. The average molecular weight is 305 g/mol. The minimum atomic E-state index is -0.764. The van der Waals surface area contributed by atoms with E-state index in [0.29, 0.717) is 5.92 Å². The van der Waals surface area contributed by atoms with Crippen molar-refractivity contribution in [2.75, 3.05) is 12.0 Å². The van der Waals surface area contributed by atoms with Crippen LogP contribution in [0.5, 0.6) is 5.75 Å². The largest absolute Gasteiger partial charge is 0.497 e. The van der Waals surface area contributed by atoms with Crippen LogP contribution >= 0.6 is 0 Å². The van der Waals surface area contributed by atoms with Crippen molar-refractivity contribution in [3.05, 3.63) is 23.8 Å². The lowest BCUT2D eigenvalue weighted by Crippen LogP contribution is -2.65. The normalized spacial score (nSPS) is 20.3. The van der Waals surface area contributed by atoms with Gasteiger partial charge in [-0.05, 0) is 51.7 Å². The first-order chi connectivity index (χ1) is 10.1. The number of hydrazine groups is 1. The molecule has 0 spiro atoms. The highest BCUT2D eigenvalue weighted by Gasteiger charge is 2.47. The molecule has 1 amide bonds. The van der Waals surface area contributed by atoms with Crippen LogP contribution in [-0.4, -0.2) is 24.1 Å². The van der Waals surface area contributed by atoms with E-state index < -0.39 is 5.54 Å². The molecule has 1 heterocycles. The predicted molar refractivity (Wildman–Crippen MR) is 89.0 cm³/mol. The van der Waals surface area contributed by atoms with Crippen LogP contribution in [0, 0.1) is 0 Å². The van der Waals surface area contributed by atoms with Crippen molar-refractivity contribution < 1.29 is 9.53 Å². The summed E-state index contributed by atoms with van der Waals surface area (Å²) >= 11 is 0. The lowest BCUT2D eigenvalue weighted by atomic mass is 9.77. The molecule has 1 atom stereocenters. The summed E-state index contributed by atoms with van der Waals surface area (Å²) in [7, 11) is 1.65. The van der Waals surface area contributed by atoms with Crippen LogP contribution < -0.4 is 20.9 Å². The smallest absolute Gasteiger partial charge is 0.259 e. The first-order valence-corrected chi connectivity index (χ1v) is 7.64. The van der Waals surface area contributed by atoms with Crippen molar-refractivity contribution in [2.24, 2.45) is 5.84 Å². The summed E-state index contributed by atoms with van der Waals surface area (Å²) in [5, 5.41) is 0. The van der Waals surface area contributed by atoms with Gasteiger partial charge in [0.05, 0.1) is 7.11 Å². The third kappa shape index (κ3) is 2.54. The Hall–Kier alpha value is -1.75. The maximum Gasteiger partial charge on any atom is 0.259 e. The molecule has 0 bridgehead atoms. The third-order valence-electron chi connectivity index (χ3n) is 4.67. The van der Waals surface area contributed by atoms with E-state index in [1.165, 1.54) is 5.56 Å². The maximum absolute atomic E-state index is 12.4. The van der Waals surface area contributed by atoms with Crippen molar-refractivity contribution in [2.45, 2.75) is 58.0 Å². The van der Waals surface area contributed by atoms with Gasteiger partial charge in [0.15, 0.2) is 0 Å². The number of nitrogens with one attached hydrogen (secondary N) is 1. The van der Waals surface area contributed by atoms with Crippen LogP contribution in [0.3, 0.4) is 0 Å². The number of amides is 1. The zero-order chi connectivity index (χ0) is 16.7. The van der Waals surface area contributed by atoms with Crippen molar-refractivity contribution in [1.82, 2.24) is 5.43 Å². The number of hydrogen-bond acceptors (Lipinski definition) is 4. The maximum atomic E-state index is 12.4. The number of ether oxygens (including phenoxy) is 1. The number of anilines is 1. The van der Waals surface area contributed by atoms with Crippen molar-refractivity contribution in [3.8, 4) is 5.75 Å². The molecular weight excluding hydrogens is 278 g/mol. The van der Waals surface area contributed by atoms with Crippen LogP contribution in [0.15, 0.2) is 18.2 Å². The molecule has 22 heavy (non-hydrogen) atoms. The lowest BCUT2D eigenvalue weighted by molar-refractivity contribution is -0.126. The van der Waals surface area contributed by atoms with Crippen LogP contribution in [0.2, 0.25) is 0 Å². The van der Waals surface area contributed by atoms with E-state index in [4.69, 9.17) is 10.6 Å². The van der Waals surface area contributed by atoms with E-state index in [0.717, 1.165) is 17.9 Å².